The van der Waals surface area contributed by atoms with E-state index in [9.17, 15) is 13.5 Å². The number of hydrogen-bond acceptors (Lipinski definition) is 3. The SMILES string of the molecule is NS(=O)(=O)c1ccc(-c2ccccc2)c(O)c1. The van der Waals surface area contributed by atoms with E-state index in [1.807, 2.05) is 30.3 Å². The van der Waals surface area contributed by atoms with E-state index >= 15 is 0 Å². The van der Waals surface area contributed by atoms with Crippen LogP contribution in [0.1, 0.15) is 0 Å². The van der Waals surface area contributed by atoms with Crippen LogP contribution in [0.15, 0.2) is 53.4 Å². The first-order valence-corrected chi connectivity index (χ1v) is 6.44. The first kappa shape index (κ1) is 11.6. The van der Waals surface area contributed by atoms with E-state index in [1.54, 1.807) is 0 Å². The number of nitrogens with two attached hydrogens (primary N) is 1. The fourth-order valence-corrected chi connectivity index (χ4v) is 2.08. The lowest BCUT2D eigenvalue weighted by Gasteiger charge is -2.06. The molecule has 3 N–H and O–H groups in total. The average molecular weight is 249 g/mol. The van der Waals surface area contributed by atoms with Crippen molar-refractivity contribution in [1.29, 1.82) is 0 Å². The van der Waals surface area contributed by atoms with Crippen molar-refractivity contribution < 1.29 is 13.5 Å². The third-order valence-corrected chi connectivity index (χ3v) is 3.29. The lowest BCUT2D eigenvalue weighted by molar-refractivity contribution is 0.475. The molecule has 2 rings (SSSR count). The highest BCUT2D eigenvalue weighted by Crippen LogP contribution is 2.30. The molecule has 0 amide bonds. The van der Waals surface area contributed by atoms with Crippen LogP contribution in [0.2, 0.25) is 0 Å². The van der Waals surface area contributed by atoms with Gasteiger partial charge in [-0.2, -0.15) is 0 Å². The van der Waals surface area contributed by atoms with Crippen LogP contribution < -0.4 is 5.14 Å². The second-order valence-electron chi connectivity index (χ2n) is 3.59. The smallest absolute Gasteiger partial charge is 0.238 e. The molecule has 88 valence electrons. The molecule has 2 aromatic carbocycles. The first-order chi connectivity index (χ1) is 7.98. The van der Waals surface area contributed by atoms with Crippen molar-refractivity contribution in [2.24, 2.45) is 5.14 Å². The molecule has 0 saturated heterocycles. The van der Waals surface area contributed by atoms with Crippen molar-refractivity contribution in [3.8, 4) is 16.9 Å². The van der Waals surface area contributed by atoms with E-state index in [1.165, 1.54) is 12.1 Å². The minimum atomic E-state index is -3.78. The van der Waals surface area contributed by atoms with Crippen LogP contribution in [0.3, 0.4) is 0 Å². The number of aromatic hydroxyl groups is 1. The molecule has 0 aliphatic carbocycles. The molecule has 2 aromatic rings. The summed E-state index contributed by atoms with van der Waals surface area (Å²) in [7, 11) is -3.78. The van der Waals surface area contributed by atoms with Crippen LogP contribution in [-0.4, -0.2) is 13.5 Å². The van der Waals surface area contributed by atoms with Gasteiger partial charge in [0.15, 0.2) is 0 Å². The number of sulfonamides is 1. The van der Waals surface area contributed by atoms with Gasteiger partial charge in [-0.1, -0.05) is 30.3 Å². The zero-order valence-corrected chi connectivity index (χ0v) is 9.68. The Kier molecular flexibility index (Phi) is 2.87. The Hall–Kier alpha value is -1.85. The molecule has 0 radical (unpaired) electrons. The number of primary sulfonamides is 1. The monoisotopic (exact) mass is 249 g/mol. The number of rotatable bonds is 2. The molecular weight excluding hydrogens is 238 g/mol. The van der Waals surface area contributed by atoms with Gasteiger partial charge in [0.05, 0.1) is 4.90 Å². The summed E-state index contributed by atoms with van der Waals surface area (Å²) in [4.78, 5) is -0.102. The second-order valence-corrected chi connectivity index (χ2v) is 5.15. The topological polar surface area (TPSA) is 80.4 Å². The molecule has 0 heterocycles. The van der Waals surface area contributed by atoms with E-state index in [4.69, 9.17) is 5.14 Å². The highest BCUT2D eigenvalue weighted by Gasteiger charge is 2.11. The van der Waals surface area contributed by atoms with E-state index in [0.717, 1.165) is 11.6 Å². The fraction of sp³-hybridized carbons (Fsp3) is 0. The zero-order chi connectivity index (χ0) is 12.5. The molecular formula is C12H11NO3S. The highest BCUT2D eigenvalue weighted by atomic mass is 32.2. The molecule has 0 fully saturated rings. The van der Waals surface area contributed by atoms with Gasteiger partial charge < -0.3 is 5.11 Å². The summed E-state index contributed by atoms with van der Waals surface area (Å²) in [5, 5.41) is 14.8. The van der Waals surface area contributed by atoms with Crippen LogP contribution >= 0.6 is 0 Å². The van der Waals surface area contributed by atoms with Gasteiger partial charge in [-0.3, -0.25) is 0 Å². The quantitative estimate of drug-likeness (QED) is 0.850. The van der Waals surface area contributed by atoms with Gasteiger partial charge in [-0.05, 0) is 17.7 Å². The summed E-state index contributed by atoms with van der Waals surface area (Å²) in [6, 6.07) is 13.2. The van der Waals surface area contributed by atoms with Crippen molar-refractivity contribution in [3.05, 3.63) is 48.5 Å². The van der Waals surface area contributed by atoms with Gasteiger partial charge in [0.1, 0.15) is 5.75 Å². The number of phenolic OH excluding ortho intramolecular Hbond substituents is 1. The minimum Gasteiger partial charge on any atom is -0.507 e. The summed E-state index contributed by atoms with van der Waals surface area (Å²) >= 11 is 0. The predicted molar refractivity (Wildman–Crippen MR) is 64.9 cm³/mol. The Bertz CT molecular complexity index is 636. The summed E-state index contributed by atoms with van der Waals surface area (Å²) in [6.45, 7) is 0. The van der Waals surface area contributed by atoms with Crippen LogP contribution in [0.5, 0.6) is 5.75 Å². The number of benzene rings is 2. The van der Waals surface area contributed by atoms with Crippen LogP contribution in [0.4, 0.5) is 0 Å². The molecule has 0 spiro atoms. The molecule has 0 atom stereocenters. The average Bonchev–Trinajstić information content (AvgIpc) is 2.29. The predicted octanol–water partition coefficient (Wildman–Crippen LogP) is 1.71. The van der Waals surface area contributed by atoms with Crippen molar-refractivity contribution in [2.45, 2.75) is 4.90 Å². The highest BCUT2D eigenvalue weighted by molar-refractivity contribution is 7.89. The van der Waals surface area contributed by atoms with Gasteiger partial charge in [-0.15, -0.1) is 0 Å². The maximum atomic E-state index is 11.1. The third-order valence-electron chi connectivity index (χ3n) is 2.38. The Morgan fingerprint density at radius 1 is 1.00 bits per heavy atom. The van der Waals surface area contributed by atoms with Crippen LogP contribution in [-0.2, 0) is 10.0 Å². The molecule has 0 aromatic heterocycles. The number of hydrogen-bond donors (Lipinski definition) is 2. The molecule has 0 saturated carbocycles. The molecule has 0 aliphatic rings. The molecule has 4 nitrogen and oxygen atoms in total. The van der Waals surface area contributed by atoms with E-state index in [-0.39, 0.29) is 10.6 Å². The van der Waals surface area contributed by atoms with E-state index in [2.05, 4.69) is 0 Å². The molecule has 0 aliphatic heterocycles. The summed E-state index contributed by atoms with van der Waals surface area (Å²) in [5.74, 6) is -0.109. The third kappa shape index (κ3) is 2.46. The summed E-state index contributed by atoms with van der Waals surface area (Å²) in [5.41, 5.74) is 1.38. The van der Waals surface area contributed by atoms with Crippen LogP contribution in [0.25, 0.3) is 11.1 Å². The van der Waals surface area contributed by atoms with Crippen molar-refractivity contribution in [1.82, 2.24) is 0 Å². The second kappa shape index (κ2) is 4.20. The Balaban J connectivity index is 2.54. The van der Waals surface area contributed by atoms with E-state index < -0.39 is 10.0 Å². The maximum absolute atomic E-state index is 11.1. The van der Waals surface area contributed by atoms with E-state index in [0.29, 0.717) is 5.56 Å². The van der Waals surface area contributed by atoms with Crippen molar-refractivity contribution >= 4 is 10.0 Å². The molecule has 0 bridgehead atoms. The Morgan fingerprint density at radius 3 is 2.18 bits per heavy atom. The zero-order valence-electron chi connectivity index (χ0n) is 8.87. The van der Waals surface area contributed by atoms with Crippen molar-refractivity contribution in [2.75, 3.05) is 0 Å². The molecule has 17 heavy (non-hydrogen) atoms. The normalized spacial score (nSPS) is 11.4. The van der Waals surface area contributed by atoms with Gasteiger partial charge in [0.25, 0.3) is 0 Å². The largest absolute Gasteiger partial charge is 0.507 e. The Morgan fingerprint density at radius 2 is 1.65 bits per heavy atom. The van der Waals surface area contributed by atoms with Gasteiger partial charge in [0.2, 0.25) is 10.0 Å². The standard InChI is InChI=1S/C12H11NO3S/c13-17(15,16)10-6-7-11(12(14)8-10)9-4-2-1-3-5-9/h1-8,14H,(H2,13,15,16). The van der Waals surface area contributed by atoms with Gasteiger partial charge in [-0.25, -0.2) is 13.6 Å². The lowest BCUT2D eigenvalue weighted by atomic mass is 10.1. The van der Waals surface area contributed by atoms with Gasteiger partial charge >= 0.3 is 0 Å². The Labute approximate surface area is 99.4 Å². The number of phenols is 1. The minimum absolute atomic E-state index is 0.102. The maximum Gasteiger partial charge on any atom is 0.238 e. The summed E-state index contributed by atoms with van der Waals surface area (Å²) in [6.07, 6.45) is 0. The van der Waals surface area contributed by atoms with Crippen LogP contribution in [0, 0.1) is 0 Å². The lowest BCUT2D eigenvalue weighted by Crippen LogP contribution is -2.11. The van der Waals surface area contributed by atoms with Gasteiger partial charge in [0, 0.05) is 11.6 Å². The first-order valence-electron chi connectivity index (χ1n) is 4.90. The molecule has 5 heteroatoms. The van der Waals surface area contributed by atoms with Crippen molar-refractivity contribution in [3.63, 3.8) is 0 Å². The molecule has 0 unspecified atom stereocenters. The summed E-state index contributed by atoms with van der Waals surface area (Å²) < 4.78 is 22.2. The fourth-order valence-electron chi connectivity index (χ4n) is 1.55.